The molecular formula is C13H8ClFN2O. The van der Waals surface area contributed by atoms with Crippen LogP contribution >= 0.6 is 11.6 Å². The van der Waals surface area contributed by atoms with Gasteiger partial charge in [0, 0.05) is 22.3 Å². The van der Waals surface area contributed by atoms with Gasteiger partial charge in [-0.25, -0.2) is 9.37 Å². The van der Waals surface area contributed by atoms with Gasteiger partial charge in [-0.15, -0.1) is 0 Å². The third kappa shape index (κ3) is 1.80. The first kappa shape index (κ1) is 11.0. The molecule has 90 valence electrons. The number of aromatic nitrogens is 1. The van der Waals surface area contributed by atoms with Crippen LogP contribution in [0.1, 0.15) is 0 Å². The average Bonchev–Trinajstić information content (AvgIpc) is 2.73. The fourth-order valence-electron chi connectivity index (χ4n) is 1.76. The highest BCUT2D eigenvalue weighted by Gasteiger charge is 2.12. The predicted molar refractivity (Wildman–Crippen MR) is 68.8 cm³/mol. The van der Waals surface area contributed by atoms with Crippen molar-refractivity contribution in [1.29, 1.82) is 0 Å². The van der Waals surface area contributed by atoms with E-state index in [9.17, 15) is 4.39 Å². The summed E-state index contributed by atoms with van der Waals surface area (Å²) >= 11 is 5.89. The maximum atomic E-state index is 13.6. The number of nitrogens with zero attached hydrogens (tertiary/aromatic N) is 1. The van der Waals surface area contributed by atoms with Crippen LogP contribution in [0.4, 0.5) is 10.1 Å². The molecular weight excluding hydrogens is 255 g/mol. The van der Waals surface area contributed by atoms with Crippen molar-refractivity contribution in [2.24, 2.45) is 0 Å². The SMILES string of the molecule is Nc1cc(F)c2oc(-c3cccc(Cl)c3)nc2c1. The largest absolute Gasteiger partial charge is 0.433 e. The van der Waals surface area contributed by atoms with Crippen LogP contribution in [0.5, 0.6) is 0 Å². The van der Waals surface area contributed by atoms with E-state index in [1.54, 1.807) is 30.3 Å². The number of hydrogen-bond donors (Lipinski definition) is 1. The Kier molecular flexibility index (Phi) is 2.45. The van der Waals surface area contributed by atoms with Gasteiger partial charge in [0.15, 0.2) is 11.4 Å². The summed E-state index contributed by atoms with van der Waals surface area (Å²) in [6.45, 7) is 0. The Bertz CT molecular complexity index is 739. The molecule has 1 aromatic heterocycles. The van der Waals surface area contributed by atoms with Gasteiger partial charge in [-0.05, 0) is 24.3 Å². The standard InChI is InChI=1S/C13H8ClFN2O/c14-8-3-1-2-7(4-8)13-17-11-6-9(16)5-10(15)12(11)18-13/h1-6H,16H2. The third-order valence-corrected chi connectivity index (χ3v) is 2.77. The number of halogens is 2. The fraction of sp³-hybridized carbons (Fsp3) is 0. The monoisotopic (exact) mass is 262 g/mol. The minimum absolute atomic E-state index is 0.0965. The fourth-order valence-corrected chi connectivity index (χ4v) is 1.95. The van der Waals surface area contributed by atoms with Gasteiger partial charge in [0.25, 0.3) is 0 Å². The average molecular weight is 263 g/mol. The summed E-state index contributed by atoms with van der Waals surface area (Å²) in [5.41, 5.74) is 7.04. The molecule has 3 nitrogen and oxygen atoms in total. The summed E-state index contributed by atoms with van der Waals surface area (Å²) in [4.78, 5) is 4.20. The van der Waals surface area contributed by atoms with E-state index in [1.165, 1.54) is 6.07 Å². The minimum Gasteiger partial charge on any atom is -0.433 e. The summed E-state index contributed by atoms with van der Waals surface area (Å²) < 4.78 is 19.0. The van der Waals surface area contributed by atoms with Crippen LogP contribution in [-0.4, -0.2) is 4.98 Å². The minimum atomic E-state index is -0.522. The Morgan fingerprint density at radius 1 is 1.22 bits per heavy atom. The Morgan fingerprint density at radius 2 is 2.06 bits per heavy atom. The van der Waals surface area contributed by atoms with E-state index in [0.717, 1.165) is 0 Å². The third-order valence-electron chi connectivity index (χ3n) is 2.54. The Hall–Kier alpha value is -2.07. The molecule has 3 rings (SSSR count). The quantitative estimate of drug-likeness (QED) is 0.677. The van der Waals surface area contributed by atoms with Crippen LogP contribution < -0.4 is 5.73 Å². The molecule has 5 heteroatoms. The maximum Gasteiger partial charge on any atom is 0.227 e. The molecule has 0 aliphatic carbocycles. The molecule has 2 aromatic carbocycles. The Labute approximate surface area is 107 Å². The second-order valence-corrected chi connectivity index (χ2v) is 4.32. The van der Waals surface area contributed by atoms with E-state index in [2.05, 4.69) is 4.98 Å². The van der Waals surface area contributed by atoms with E-state index >= 15 is 0 Å². The van der Waals surface area contributed by atoms with Gasteiger partial charge in [-0.1, -0.05) is 17.7 Å². The molecule has 0 spiro atoms. The van der Waals surface area contributed by atoms with Crippen molar-refractivity contribution in [1.82, 2.24) is 4.98 Å². The number of nitrogens with two attached hydrogens (primary N) is 1. The highest BCUT2D eigenvalue weighted by Crippen LogP contribution is 2.28. The van der Waals surface area contributed by atoms with Crippen molar-refractivity contribution in [3.63, 3.8) is 0 Å². The molecule has 3 aromatic rings. The highest BCUT2D eigenvalue weighted by molar-refractivity contribution is 6.30. The van der Waals surface area contributed by atoms with Crippen molar-refractivity contribution >= 4 is 28.4 Å². The first-order chi connectivity index (χ1) is 8.63. The summed E-state index contributed by atoms with van der Waals surface area (Å²) in [5, 5.41) is 0.565. The molecule has 0 saturated heterocycles. The summed E-state index contributed by atoms with van der Waals surface area (Å²) in [6.07, 6.45) is 0. The zero-order chi connectivity index (χ0) is 12.7. The predicted octanol–water partition coefficient (Wildman–Crippen LogP) is 3.87. The zero-order valence-electron chi connectivity index (χ0n) is 9.15. The lowest BCUT2D eigenvalue weighted by atomic mass is 10.2. The van der Waals surface area contributed by atoms with Crippen LogP contribution in [0.2, 0.25) is 5.02 Å². The zero-order valence-corrected chi connectivity index (χ0v) is 9.91. The summed E-state index contributed by atoms with van der Waals surface area (Å²) in [5.74, 6) is -0.206. The second kappa shape index (κ2) is 3.99. The first-order valence-electron chi connectivity index (χ1n) is 5.25. The van der Waals surface area contributed by atoms with Crippen molar-refractivity contribution in [3.05, 3.63) is 47.2 Å². The smallest absolute Gasteiger partial charge is 0.227 e. The number of anilines is 1. The normalized spacial score (nSPS) is 11.0. The molecule has 0 saturated carbocycles. The number of fused-ring (bicyclic) bond motifs is 1. The van der Waals surface area contributed by atoms with Crippen molar-refractivity contribution in [2.45, 2.75) is 0 Å². The maximum absolute atomic E-state index is 13.6. The van der Waals surface area contributed by atoms with E-state index in [0.29, 0.717) is 27.7 Å². The van der Waals surface area contributed by atoms with Crippen LogP contribution in [0.3, 0.4) is 0 Å². The lowest BCUT2D eigenvalue weighted by Gasteiger charge is -1.94. The van der Waals surface area contributed by atoms with Crippen molar-refractivity contribution in [2.75, 3.05) is 5.73 Å². The number of nitrogen functional groups attached to an aromatic ring is 1. The van der Waals surface area contributed by atoms with E-state index in [4.69, 9.17) is 21.8 Å². The molecule has 18 heavy (non-hydrogen) atoms. The van der Waals surface area contributed by atoms with E-state index < -0.39 is 5.82 Å². The molecule has 0 fully saturated rings. The topological polar surface area (TPSA) is 52.0 Å². The Morgan fingerprint density at radius 3 is 2.83 bits per heavy atom. The molecule has 2 N–H and O–H groups in total. The summed E-state index contributed by atoms with van der Waals surface area (Å²) in [6, 6.07) is 9.78. The van der Waals surface area contributed by atoms with Gasteiger partial charge in [-0.2, -0.15) is 0 Å². The molecule has 0 bridgehead atoms. The molecule has 0 atom stereocenters. The molecule has 0 radical (unpaired) electrons. The molecule has 0 unspecified atom stereocenters. The lowest BCUT2D eigenvalue weighted by Crippen LogP contribution is -1.86. The highest BCUT2D eigenvalue weighted by atomic mass is 35.5. The second-order valence-electron chi connectivity index (χ2n) is 3.88. The molecule has 0 aliphatic rings. The van der Waals surface area contributed by atoms with Gasteiger partial charge in [0.05, 0.1) is 0 Å². The van der Waals surface area contributed by atoms with E-state index in [1.807, 2.05) is 0 Å². The van der Waals surface area contributed by atoms with Gasteiger partial charge in [0.2, 0.25) is 5.89 Å². The number of rotatable bonds is 1. The van der Waals surface area contributed by atoms with Gasteiger partial charge in [-0.3, -0.25) is 0 Å². The Balaban J connectivity index is 2.22. The number of hydrogen-bond acceptors (Lipinski definition) is 3. The van der Waals surface area contributed by atoms with Gasteiger partial charge in [0.1, 0.15) is 5.52 Å². The van der Waals surface area contributed by atoms with Crippen molar-refractivity contribution < 1.29 is 8.81 Å². The first-order valence-corrected chi connectivity index (χ1v) is 5.63. The molecule has 1 heterocycles. The van der Waals surface area contributed by atoms with Crippen molar-refractivity contribution in [3.8, 4) is 11.5 Å². The summed E-state index contributed by atoms with van der Waals surface area (Å²) in [7, 11) is 0. The van der Waals surface area contributed by atoms with Gasteiger partial charge >= 0.3 is 0 Å². The lowest BCUT2D eigenvalue weighted by molar-refractivity contribution is 0.564. The number of oxazole rings is 1. The van der Waals surface area contributed by atoms with Crippen LogP contribution in [-0.2, 0) is 0 Å². The van der Waals surface area contributed by atoms with Crippen LogP contribution in [0, 0.1) is 5.82 Å². The van der Waals surface area contributed by atoms with Gasteiger partial charge < -0.3 is 10.2 Å². The number of benzene rings is 2. The molecule has 0 aliphatic heterocycles. The van der Waals surface area contributed by atoms with Crippen LogP contribution in [0.15, 0.2) is 40.8 Å². The van der Waals surface area contributed by atoms with Crippen LogP contribution in [0.25, 0.3) is 22.6 Å². The van der Waals surface area contributed by atoms with E-state index in [-0.39, 0.29) is 5.58 Å². The molecule has 0 amide bonds.